The van der Waals surface area contributed by atoms with E-state index in [1.807, 2.05) is 78.9 Å². The van der Waals surface area contributed by atoms with E-state index in [0.717, 1.165) is 21.9 Å². The van der Waals surface area contributed by atoms with Crippen LogP contribution in [-0.2, 0) is 4.74 Å². The van der Waals surface area contributed by atoms with E-state index in [2.05, 4.69) is 0 Å². The maximum absolute atomic E-state index is 12.2. The highest BCUT2D eigenvalue weighted by Crippen LogP contribution is 2.25. The third-order valence-electron chi connectivity index (χ3n) is 3.61. The predicted octanol–water partition coefficient (Wildman–Crippen LogP) is 4.80. The molecular weight excluding hydrogens is 272 g/mol. The van der Waals surface area contributed by atoms with E-state index >= 15 is 0 Å². The maximum atomic E-state index is 12.2. The van der Waals surface area contributed by atoms with Crippen molar-refractivity contribution < 1.29 is 9.53 Å². The summed E-state index contributed by atoms with van der Waals surface area (Å²) in [6.45, 7) is 0. The fourth-order valence-electron chi connectivity index (χ4n) is 2.51. The first-order valence-electron chi connectivity index (χ1n) is 7.13. The number of hydrogen-bond acceptors (Lipinski definition) is 2. The fourth-order valence-corrected chi connectivity index (χ4v) is 2.51. The SMILES string of the molecule is COC(=O)c1c(/C=C/c2ccccc2)ccc2ccccc12. The lowest BCUT2D eigenvalue weighted by Gasteiger charge is -2.08. The normalized spacial score (nSPS) is 11.0. The van der Waals surface area contributed by atoms with Crippen LogP contribution in [0.5, 0.6) is 0 Å². The molecule has 0 aliphatic heterocycles. The molecule has 0 amide bonds. The standard InChI is InChI=1S/C20H16O2/c1-22-20(21)19-17(12-11-15-7-3-2-4-8-15)14-13-16-9-5-6-10-18(16)19/h2-14H,1H3/b12-11+. The summed E-state index contributed by atoms with van der Waals surface area (Å²) in [6.07, 6.45) is 3.95. The van der Waals surface area contributed by atoms with Gasteiger partial charge < -0.3 is 4.74 Å². The Hall–Kier alpha value is -2.87. The number of carbonyl (C=O) groups excluding carboxylic acids is 1. The first-order valence-corrected chi connectivity index (χ1v) is 7.13. The third kappa shape index (κ3) is 2.77. The van der Waals surface area contributed by atoms with E-state index in [9.17, 15) is 4.79 Å². The molecule has 0 bridgehead atoms. The molecular formula is C20H16O2. The molecule has 0 spiro atoms. The molecule has 0 saturated heterocycles. The summed E-state index contributed by atoms with van der Waals surface area (Å²) in [4.78, 5) is 12.2. The smallest absolute Gasteiger partial charge is 0.339 e. The number of hydrogen-bond donors (Lipinski definition) is 0. The average Bonchev–Trinajstić information content (AvgIpc) is 2.59. The topological polar surface area (TPSA) is 26.3 Å². The largest absolute Gasteiger partial charge is 0.465 e. The average molecular weight is 288 g/mol. The highest BCUT2D eigenvalue weighted by molar-refractivity contribution is 6.08. The molecule has 2 heteroatoms. The molecule has 3 aromatic rings. The summed E-state index contributed by atoms with van der Waals surface area (Å²) in [6, 6.07) is 21.8. The lowest BCUT2D eigenvalue weighted by molar-refractivity contribution is 0.0603. The zero-order chi connectivity index (χ0) is 15.4. The van der Waals surface area contributed by atoms with E-state index in [1.165, 1.54) is 7.11 Å². The number of carbonyl (C=O) groups is 1. The van der Waals surface area contributed by atoms with E-state index in [0.29, 0.717) is 5.56 Å². The number of rotatable bonds is 3. The van der Waals surface area contributed by atoms with Crippen molar-refractivity contribution in [2.45, 2.75) is 0 Å². The Labute approximate surface area is 129 Å². The van der Waals surface area contributed by atoms with Crippen molar-refractivity contribution in [1.29, 1.82) is 0 Å². The molecule has 0 aliphatic carbocycles. The van der Waals surface area contributed by atoms with Gasteiger partial charge in [-0.25, -0.2) is 4.79 Å². The molecule has 0 aliphatic rings. The van der Waals surface area contributed by atoms with E-state index in [4.69, 9.17) is 4.74 Å². The molecule has 0 unspecified atom stereocenters. The number of esters is 1. The summed E-state index contributed by atoms with van der Waals surface area (Å²) < 4.78 is 4.96. The van der Waals surface area contributed by atoms with E-state index in [-0.39, 0.29) is 5.97 Å². The molecule has 2 nitrogen and oxygen atoms in total. The lowest BCUT2D eigenvalue weighted by Crippen LogP contribution is -2.04. The fraction of sp³-hybridized carbons (Fsp3) is 0.0500. The predicted molar refractivity (Wildman–Crippen MR) is 90.7 cm³/mol. The van der Waals surface area contributed by atoms with Crippen molar-refractivity contribution in [3.05, 3.63) is 83.4 Å². The van der Waals surface area contributed by atoms with Gasteiger partial charge in [-0.2, -0.15) is 0 Å². The summed E-state index contributed by atoms with van der Waals surface area (Å²) >= 11 is 0. The maximum Gasteiger partial charge on any atom is 0.339 e. The van der Waals surface area contributed by atoms with E-state index < -0.39 is 0 Å². The van der Waals surface area contributed by atoms with Gasteiger partial charge in [-0.1, -0.05) is 78.9 Å². The van der Waals surface area contributed by atoms with Crippen LogP contribution in [0.25, 0.3) is 22.9 Å². The van der Waals surface area contributed by atoms with Gasteiger partial charge in [-0.05, 0) is 21.9 Å². The van der Waals surface area contributed by atoms with Gasteiger partial charge >= 0.3 is 5.97 Å². The van der Waals surface area contributed by atoms with Gasteiger partial charge in [-0.3, -0.25) is 0 Å². The number of ether oxygens (including phenoxy) is 1. The molecule has 0 atom stereocenters. The van der Waals surface area contributed by atoms with Crippen molar-refractivity contribution in [2.24, 2.45) is 0 Å². The van der Waals surface area contributed by atoms with Crippen molar-refractivity contribution in [2.75, 3.05) is 7.11 Å². The monoisotopic (exact) mass is 288 g/mol. The highest BCUT2D eigenvalue weighted by Gasteiger charge is 2.14. The second-order valence-electron chi connectivity index (χ2n) is 4.99. The summed E-state index contributed by atoms with van der Waals surface area (Å²) in [5.41, 5.74) is 2.55. The Morgan fingerprint density at radius 3 is 2.36 bits per heavy atom. The van der Waals surface area contributed by atoms with Gasteiger partial charge in [0, 0.05) is 0 Å². The van der Waals surface area contributed by atoms with Gasteiger partial charge in [0.25, 0.3) is 0 Å². The Bertz CT molecular complexity index is 833. The number of methoxy groups -OCH3 is 1. The van der Waals surface area contributed by atoms with Crippen LogP contribution in [0.15, 0.2) is 66.7 Å². The first-order chi connectivity index (χ1) is 10.8. The van der Waals surface area contributed by atoms with Crippen LogP contribution in [0.2, 0.25) is 0 Å². The zero-order valence-electron chi connectivity index (χ0n) is 12.3. The van der Waals surface area contributed by atoms with Crippen LogP contribution in [0, 0.1) is 0 Å². The van der Waals surface area contributed by atoms with Crippen LogP contribution in [0.4, 0.5) is 0 Å². The molecule has 0 saturated carbocycles. The van der Waals surface area contributed by atoms with Gasteiger partial charge in [0.1, 0.15) is 0 Å². The van der Waals surface area contributed by atoms with Gasteiger partial charge in [0.05, 0.1) is 12.7 Å². The van der Waals surface area contributed by atoms with Crippen molar-refractivity contribution in [3.63, 3.8) is 0 Å². The zero-order valence-corrected chi connectivity index (χ0v) is 12.3. The summed E-state index contributed by atoms with van der Waals surface area (Å²) in [5.74, 6) is -0.315. The molecule has 108 valence electrons. The number of benzene rings is 3. The Balaban J connectivity index is 2.13. The Morgan fingerprint density at radius 2 is 1.59 bits per heavy atom. The lowest BCUT2D eigenvalue weighted by atomic mass is 9.98. The third-order valence-corrected chi connectivity index (χ3v) is 3.61. The number of fused-ring (bicyclic) bond motifs is 1. The minimum Gasteiger partial charge on any atom is -0.465 e. The summed E-state index contributed by atoms with van der Waals surface area (Å²) in [7, 11) is 1.41. The van der Waals surface area contributed by atoms with Gasteiger partial charge in [0.15, 0.2) is 0 Å². The van der Waals surface area contributed by atoms with Crippen LogP contribution >= 0.6 is 0 Å². The molecule has 0 heterocycles. The molecule has 3 aromatic carbocycles. The first kappa shape index (κ1) is 14.1. The highest BCUT2D eigenvalue weighted by atomic mass is 16.5. The minimum absolute atomic E-state index is 0.315. The van der Waals surface area contributed by atoms with Gasteiger partial charge in [-0.15, -0.1) is 0 Å². The molecule has 0 radical (unpaired) electrons. The van der Waals surface area contributed by atoms with Crippen molar-refractivity contribution in [1.82, 2.24) is 0 Å². The molecule has 0 N–H and O–H groups in total. The van der Waals surface area contributed by atoms with Crippen molar-refractivity contribution >= 4 is 28.9 Å². The molecule has 22 heavy (non-hydrogen) atoms. The van der Waals surface area contributed by atoms with Crippen LogP contribution in [0.3, 0.4) is 0 Å². The second kappa shape index (κ2) is 6.27. The summed E-state index contributed by atoms with van der Waals surface area (Å²) in [5, 5.41) is 1.93. The van der Waals surface area contributed by atoms with E-state index in [1.54, 1.807) is 0 Å². The van der Waals surface area contributed by atoms with Crippen LogP contribution in [0.1, 0.15) is 21.5 Å². The van der Waals surface area contributed by atoms with Crippen LogP contribution < -0.4 is 0 Å². The Morgan fingerprint density at radius 1 is 0.864 bits per heavy atom. The Kier molecular flexibility index (Phi) is 4.01. The second-order valence-corrected chi connectivity index (χ2v) is 4.99. The van der Waals surface area contributed by atoms with Gasteiger partial charge in [0.2, 0.25) is 0 Å². The molecule has 0 fully saturated rings. The molecule has 0 aromatic heterocycles. The van der Waals surface area contributed by atoms with Crippen molar-refractivity contribution in [3.8, 4) is 0 Å². The molecule has 3 rings (SSSR count). The van der Waals surface area contributed by atoms with Crippen LogP contribution in [-0.4, -0.2) is 13.1 Å². The minimum atomic E-state index is -0.315. The quantitative estimate of drug-likeness (QED) is 0.511.